The van der Waals surface area contributed by atoms with Crippen molar-refractivity contribution in [1.82, 2.24) is 0 Å². The van der Waals surface area contributed by atoms with Gasteiger partial charge in [-0.1, -0.05) is 13.2 Å². The molecule has 3 rings (SSSR count). The van der Waals surface area contributed by atoms with Crippen LogP contribution in [0.2, 0.25) is 0 Å². The normalized spacial score (nSPS) is 38.9. The molecule has 0 aromatic carbocycles. The molecule has 0 saturated carbocycles. The number of hydrogen-bond donors (Lipinski definition) is 0. The van der Waals surface area contributed by atoms with E-state index in [-0.39, 0.29) is 17.3 Å². The van der Waals surface area contributed by atoms with Gasteiger partial charge in [-0.3, -0.25) is 4.79 Å². The zero-order valence-corrected chi connectivity index (χ0v) is 16.7. The average molecular weight is 390 g/mol. The Bertz CT molecular complexity index is 780. The standard InChI is InChI=1S/C21H26O7/c1-10(2)19(23)27-16-9-21(6)17(28-21)8-14(25-13(5)22)11(3)7-15-18(16)12(4)20(24)26-15/h7,14-18H,1,4,8-9H2,2-3,5-6H3/b11-7-. The molecule has 0 bridgehead atoms. The first-order valence-corrected chi connectivity index (χ1v) is 9.31. The number of epoxide rings is 1. The van der Waals surface area contributed by atoms with Crippen molar-refractivity contribution < 1.29 is 33.3 Å². The molecule has 2 fully saturated rings. The van der Waals surface area contributed by atoms with E-state index in [9.17, 15) is 14.4 Å². The second kappa shape index (κ2) is 7.20. The molecule has 7 nitrogen and oxygen atoms in total. The van der Waals surface area contributed by atoms with Gasteiger partial charge < -0.3 is 18.9 Å². The van der Waals surface area contributed by atoms with Gasteiger partial charge in [0.1, 0.15) is 18.3 Å². The van der Waals surface area contributed by atoms with Crippen molar-refractivity contribution in [1.29, 1.82) is 0 Å². The largest absolute Gasteiger partial charge is 0.458 e. The molecule has 6 atom stereocenters. The molecule has 152 valence electrons. The summed E-state index contributed by atoms with van der Waals surface area (Å²) in [6, 6.07) is 0. The van der Waals surface area contributed by atoms with Crippen LogP contribution >= 0.6 is 0 Å². The minimum atomic E-state index is -0.667. The molecule has 2 saturated heterocycles. The first kappa shape index (κ1) is 20.3. The second-order valence-corrected chi connectivity index (χ2v) is 8.01. The minimum absolute atomic E-state index is 0.158. The average Bonchev–Trinajstić information content (AvgIpc) is 3.11. The SMILES string of the molecule is C=C(C)C(=O)OC1CC2(C)OC2CC(OC(C)=O)/C(C)=C\C2OC(=O)C(=C)C21. The van der Waals surface area contributed by atoms with E-state index in [1.165, 1.54) is 6.92 Å². The minimum Gasteiger partial charge on any atom is -0.458 e. The van der Waals surface area contributed by atoms with E-state index >= 15 is 0 Å². The zero-order chi connectivity index (χ0) is 20.8. The van der Waals surface area contributed by atoms with Gasteiger partial charge in [0.2, 0.25) is 0 Å². The number of rotatable bonds is 3. The summed E-state index contributed by atoms with van der Waals surface area (Å²) < 4.78 is 22.5. The number of carbonyl (C=O) groups is 3. The predicted molar refractivity (Wildman–Crippen MR) is 99.0 cm³/mol. The number of hydrogen-bond acceptors (Lipinski definition) is 7. The first-order valence-electron chi connectivity index (χ1n) is 9.31. The number of carbonyl (C=O) groups excluding carboxylic acids is 3. The predicted octanol–water partition coefficient (Wildman–Crippen LogP) is 2.40. The maximum atomic E-state index is 12.2. The van der Waals surface area contributed by atoms with Gasteiger partial charge in [-0.2, -0.15) is 0 Å². The van der Waals surface area contributed by atoms with E-state index < -0.39 is 47.7 Å². The first-order chi connectivity index (χ1) is 13.0. The van der Waals surface area contributed by atoms with E-state index in [0.29, 0.717) is 12.8 Å². The lowest BCUT2D eigenvalue weighted by Crippen LogP contribution is -2.38. The van der Waals surface area contributed by atoms with E-state index in [4.69, 9.17) is 18.9 Å². The highest BCUT2D eigenvalue weighted by atomic mass is 16.6. The number of ether oxygens (including phenoxy) is 4. The highest BCUT2D eigenvalue weighted by molar-refractivity contribution is 5.91. The highest BCUT2D eigenvalue weighted by Gasteiger charge is 2.58. The second-order valence-electron chi connectivity index (χ2n) is 8.01. The molecule has 2 heterocycles. The van der Waals surface area contributed by atoms with Gasteiger partial charge in [0.05, 0.1) is 17.6 Å². The van der Waals surface area contributed by atoms with Crippen LogP contribution in [0.4, 0.5) is 0 Å². The van der Waals surface area contributed by atoms with Gasteiger partial charge in [-0.05, 0) is 32.4 Å². The molecule has 1 aliphatic carbocycles. The van der Waals surface area contributed by atoms with Crippen molar-refractivity contribution in [2.45, 2.75) is 70.6 Å². The molecule has 0 amide bonds. The lowest BCUT2D eigenvalue weighted by atomic mass is 9.82. The van der Waals surface area contributed by atoms with Gasteiger partial charge in [-0.15, -0.1) is 0 Å². The fourth-order valence-electron chi connectivity index (χ4n) is 3.92. The van der Waals surface area contributed by atoms with Gasteiger partial charge in [0.15, 0.2) is 0 Å². The smallest absolute Gasteiger partial charge is 0.334 e. The Morgan fingerprint density at radius 1 is 1.29 bits per heavy atom. The molecule has 3 aliphatic rings. The molecule has 0 aromatic heterocycles. The Kier molecular flexibility index (Phi) is 5.23. The topological polar surface area (TPSA) is 91.4 Å². The van der Waals surface area contributed by atoms with Crippen molar-refractivity contribution in [3.05, 3.63) is 36.0 Å². The Morgan fingerprint density at radius 3 is 2.57 bits per heavy atom. The summed E-state index contributed by atoms with van der Waals surface area (Å²) in [4.78, 5) is 35.9. The third kappa shape index (κ3) is 3.90. The fourth-order valence-corrected chi connectivity index (χ4v) is 3.92. The van der Waals surface area contributed by atoms with Crippen LogP contribution in [0.25, 0.3) is 0 Å². The van der Waals surface area contributed by atoms with Gasteiger partial charge in [0.25, 0.3) is 0 Å². The van der Waals surface area contributed by atoms with Crippen LogP contribution in [0.5, 0.6) is 0 Å². The Labute approximate surface area is 164 Å². The molecule has 0 aromatic rings. The van der Waals surface area contributed by atoms with Crippen LogP contribution in [0.3, 0.4) is 0 Å². The Hall–Kier alpha value is -2.41. The van der Waals surface area contributed by atoms with Crippen molar-refractivity contribution in [3.63, 3.8) is 0 Å². The summed E-state index contributed by atoms with van der Waals surface area (Å²) in [5, 5.41) is 0. The van der Waals surface area contributed by atoms with Gasteiger partial charge >= 0.3 is 17.9 Å². The molecular formula is C21H26O7. The molecule has 7 heteroatoms. The van der Waals surface area contributed by atoms with Crippen LogP contribution in [0, 0.1) is 5.92 Å². The van der Waals surface area contributed by atoms with Crippen LogP contribution in [-0.4, -0.2) is 47.9 Å². The summed E-state index contributed by atoms with van der Waals surface area (Å²) in [6.07, 6.45) is 0.638. The summed E-state index contributed by atoms with van der Waals surface area (Å²) in [7, 11) is 0. The quantitative estimate of drug-likeness (QED) is 0.240. The number of fused-ring (bicyclic) bond motifs is 2. The van der Waals surface area contributed by atoms with Crippen LogP contribution in [-0.2, 0) is 33.3 Å². The molecule has 2 aliphatic heterocycles. The van der Waals surface area contributed by atoms with E-state index in [2.05, 4.69) is 13.2 Å². The third-order valence-electron chi connectivity index (χ3n) is 5.58. The van der Waals surface area contributed by atoms with Crippen molar-refractivity contribution in [2.24, 2.45) is 5.92 Å². The Balaban J connectivity index is 1.99. The van der Waals surface area contributed by atoms with Crippen molar-refractivity contribution >= 4 is 17.9 Å². The summed E-state index contributed by atoms with van der Waals surface area (Å²) in [5.74, 6) is -2.01. The van der Waals surface area contributed by atoms with Gasteiger partial charge in [0, 0.05) is 30.9 Å². The van der Waals surface area contributed by atoms with Crippen LogP contribution < -0.4 is 0 Å². The fraction of sp³-hybridized carbons (Fsp3) is 0.571. The molecule has 28 heavy (non-hydrogen) atoms. The maximum Gasteiger partial charge on any atom is 0.334 e. The maximum absolute atomic E-state index is 12.2. The summed E-state index contributed by atoms with van der Waals surface area (Å²) >= 11 is 0. The lowest BCUT2D eigenvalue weighted by Gasteiger charge is -2.29. The van der Waals surface area contributed by atoms with Crippen molar-refractivity contribution in [3.8, 4) is 0 Å². The van der Waals surface area contributed by atoms with Crippen LogP contribution in [0.15, 0.2) is 36.0 Å². The lowest BCUT2D eigenvalue weighted by molar-refractivity contribution is -0.149. The van der Waals surface area contributed by atoms with Crippen molar-refractivity contribution in [2.75, 3.05) is 0 Å². The Morgan fingerprint density at radius 2 is 1.96 bits per heavy atom. The molecular weight excluding hydrogens is 364 g/mol. The zero-order valence-electron chi connectivity index (χ0n) is 16.7. The molecule has 0 spiro atoms. The number of esters is 3. The van der Waals surface area contributed by atoms with E-state index in [1.54, 1.807) is 13.0 Å². The molecule has 0 N–H and O–H groups in total. The summed E-state index contributed by atoms with van der Waals surface area (Å²) in [6.45, 7) is 14.1. The highest BCUT2D eigenvalue weighted by Crippen LogP contribution is 2.48. The van der Waals surface area contributed by atoms with E-state index in [1.807, 2.05) is 13.8 Å². The van der Waals surface area contributed by atoms with Gasteiger partial charge in [-0.25, -0.2) is 9.59 Å². The molecule has 0 radical (unpaired) electrons. The third-order valence-corrected chi connectivity index (χ3v) is 5.58. The summed E-state index contributed by atoms with van der Waals surface area (Å²) in [5.41, 5.74) is 0.702. The van der Waals surface area contributed by atoms with E-state index in [0.717, 1.165) is 5.57 Å². The monoisotopic (exact) mass is 390 g/mol. The molecule has 6 unspecified atom stereocenters. The van der Waals surface area contributed by atoms with Crippen LogP contribution in [0.1, 0.15) is 40.5 Å².